The van der Waals surface area contributed by atoms with E-state index in [1.165, 1.54) is 27.8 Å². The van der Waals surface area contributed by atoms with Crippen molar-refractivity contribution in [1.82, 2.24) is 0 Å². The van der Waals surface area contributed by atoms with Gasteiger partial charge in [0.25, 0.3) is 0 Å². The van der Waals surface area contributed by atoms with Gasteiger partial charge in [-0.25, -0.2) is 0 Å². The summed E-state index contributed by atoms with van der Waals surface area (Å²) in [6, 6.07) is 10.3. The molecule has 1 unspecified atom stereocenters. The van der Waals surface area contributed by atoms with Crippen LogP contribution in [0.15, 0.2) is 30.3 Å². The number of fused-ring (bicyclic) bond motifs is 1. The lowest BCUT2D eigenvalue weighted by Crippen LogP contribution is -2.23. The highest BCUT2D eigenvalue weighted by Gasteiger charge is 2.46. The zero-order valence-corrected chi connectivity index (χ0v) is 19.0. The van der Waals surface area contributed by atoms with Crippen molar-refractivity contribution < 1.29 is 35.2 Å². The van der Waals surface area contributed by atoms with Crippen molar-refractivity contribution in [2.24, 2.45) is 0 Å². The summed E-state index contributed by atoms with van der Waals surface area (Å²) in [7, 11) is -4.89. The third-order valence-corrected chi connectivity index (χ3v) is 6.17. The van der Waals surface area contributed by atoms with E-state index in [0.29, 0.717) is 19.8 Å². The van der Waals surface area contributed by atoms with Crippen molar-refractivity contribution in [1.29, 1.82) is 0 Å². The molecular weight excluding hydrogens is 433 g/mol. The monoisotopic (exact) mass is 460 g/mol. The third kappa shape index (κ3) is 5.92. The topological polar surface area (TPSA) is 61.8 Å². The number of benzene rings is 2. The van der Waals surface area contributed by atoms with Gasteiger partial charge in [-0.1, -0.05) is 30.3 Å². The first-order valence-electron chi connectivity index (χ1n) is 9.72. The number of hydrogen-bond donors (Lipinski definition) is 0. The molecule has 0 aromatic heterocycles. The highest BCUT2D eigenvalue weighted by molar-refractivity contribution is 7.87. The Morgan fingerprint density at radius 1 is 1.06 bits per heavy atom. The predicted octanol–water partition coefficient (Wildman–Crippen LogP) is 5.39. The molecule has 1 atom stereocenters. The molecule has 0 spiro atoms. The van der Waals surface area contributed by atoms with Gasteiger partial charge in [0.1, 0.15) is 18.1 Å². The Morgan fingerprint density at radius 2 is 1.68 bits per heavy atom. The number of hydrogen-bond acceptors (Lipinski definition) is 5. The molecule has 2 aromatic rings. The van der Waals surface area contributed by atoms with E-state index in [0.717, 1.165) is 24.3 Å². The average Bonchev–Trinajstić information content (AvgIpc) is 2.72. The average molecular weight is 461 g/mol. The fraction of sp³-hybridized carbons (Fsp3) is 0.455. The maximum Gasteiger partial charge on any atom is 0.523 e. The minimum Gasteiger partial charge on any atom is -0.490 e. The van der Waals surface area contributed by atoms with Crippen LogP contribution in [0, 0.1) is 20.8 Å². The van der Waals surface area contributed by atoms with E-state index < -0.39 is 15.6 Å². The van der Waals surface area contributed by atoms with Gasteiger partial charge in [-0.05, 0) is 62.8 Å². The van der Waals surface area contributed by atoms with Gasteiger partial charge in [-0.3, -0.25) is 4.18 Å². The summed E-state index contributed by atoms with van der Waals surface area (Å²) in [4.78, 5) is 0. The Hall–Kier alpha value is -2.26. The second-order valence-electron chi connectivity index (χ2n) is 7.32. The summed E-state index contributed by atoms with van der Waals surface area (Å²) in [6.45, 7) is 9.18. The summed E-state index contributed by atoms with van der Waals surface area (Å²) in [6.07, 6.45) is 2.46. The molecule has 0 saturated carbocycles. The van der Waals surface area contributed by atoms with Crippen LogP contribution in [0.5, 0.6) is 11.5 Å². The number of ether oxygens (including phenoxy) is 2. The van der Waals surface area contributed by atoms with Crippen molar-refractivity contribution >= 4 is 10.1 Å². The summed E-state index contributed by atoms with van der Waals surface area (Å²) in [5, 5.41) is 0. The van der Waals surface area contributed by atoms with Gasteiger partial charge in [-0.2, -0.15) is 21.6 Å². The molecule has 1 aliphatic rings. The van der Waals surface area contributed by atoms with Crippen LogP contribution < -0.4 is 9.47 Å². The van der Waals surface area contributed by atoms with Crippen LogP contribution in [-0.4, -0.2) is 27.1 Å². The van der Waals surface area contributed by atoms with Gasteiger partial charge in [0.05, 0.1) is 13.2 Å². The van der Waals surface area contributed by atoms with Gasteiger partial charge in [0.15, 0.2) is 0 Å². The predicted molar refractivity (Wildman–Crippen MR) is 112 cm³/mol. The van der Waals surface area contributed by atoms with Gasteiger partial charge < -0.3 is 9.47 Å². The maximum absolute atomic E-state index is 11.1. The van der Waals surface area contributed by atoms with Crippen LogP contribution in [0.4, 0.5) is 13.2 Å². The lowest BCUT2D eigenvalue weighted by Gasteiger charge is -2.29. The van der Waals surface area contributed by atoms with Gasteiger partial charge in [0.2, 0.25) is 0 Å². The Kier molecular flexibility index (Phi) is 7.99. The summed E-state index contributed by atoms with van der Waals surface area (Å²) in [5.74, 6) is 2.11. The smallest absolute Gasteiger partial charge is 0.490 e. The largest absolute Gasteiger partial charge is 0.523 e. The van der Waals surface area contributed by atoms with E-state index in [2.05, 4.69) is 44.0 Å². The molecule has 5 nitrogen and oxygen atoms in total. The van der Waals surface area contributed by atoms with E-state index >= 15 is 0 Å². The van der Waals surface area contributed by atoms with Crippen LogP contribution >= 0.6 is 0 Å². The molecule has 1 heterocycles. The normalized spacial score (nSPS) is 15.9. The molecule has 0 bridgehead atoms. The molecule has 0 N–H and O–H groups in total. The third-order valence-electron chi connectivity index (χ3n) is 5.16. The minimum atomic E-state index is -5.34. The molecule has 0 radical (unpaired) electrons. The molecular formula is C22H27F3O5S. The molecule has 172 valence electrons. The Balaban J connectivity index is 0.000000323. The highest BCUT2D eigenvalue weighted by atomic mass is 32.2. The van der Waals surface area contributed by atoms with Gasteiger partial charge in [-0.15, -0.1) is 0 Å². The summed E-state index contributed by atoms with van der Waals surface area (Å²) < 4.78 is 68.1. The molecule has 3 rings (SSSR count). The Labute approximate surface area is 181 Å². The lowest BCUT2D eigenvalue weighted by molar-refractivity contribution is -0.0526. The summed E-state index contributed by atoms with van der Waals surface area (Å²) in [5.41, 5.74) is 0.866. The molecule has 2 aromatic carbocycles. The van der Waals surface area contributed by atoms with Crippen LogP contribution in [0.25, 0.3) is 0 Å². The second kappa shape index (κ2) is 9.91. The van der Waals surface area contributed by atoms with Crippen molar-refractivity contribution in [3.05, 3.63) is 58.1 Å². The fourth-order valence-corrected chi connectivity index (χ4v) is 3.45. The van der Waals surface area contributed by atoms with Crippen LogP contribution in [-0.2, 0) is 27.3 Å². The standard InChI is InChI=1S/C20H24O2.C2H3F3O3S/c1-13-10-11-18-16(4)19(14(2)15(3)20(18)22-13)21-12-17-8-6-5-7-9-17;1-8-9(6,7)2(3,4)5/h5-9,13H,10-12H2,1-4H3;1H3. The van der Waals surface area contributed by atoms with Crippen molar-refractivity contribution in [2.75, 3.05) is 7.11 Å². The molecule has 1 aliphatic heterocycles. The Morgan fingerprint density at radius 3 is 2.19 bits per heavy atom. The Bertz CT molecular complexity index is 1000. The number of alkyl halides is 3. The molecule has 9 heteroatoms. The van der Waals surface area contributed by atoms with Crippen molar-refractivity contribution in [3.8, 4) is 11.5 Å². The van der Waals surface area contributed by atoms with E-state index in [9.17, 15) is 21.6 Å². The van der Waals surface area contributed by atoms with Crippen LogP contribution in [0.1, 0.15) is 41.2 Å². The molecule has 0 amide bonds. The van der Waals surface area contributed by atoms with Crippen LogP contribution in [0.2, 0.25) is 0 Å². The quantitative estimate of drug-likeness (QED) is 0.452. The highest BCUT2D eigenvalue weighted by Crippen LogP contribution is 2.41. The van der Waals surface area contributed by atoms with Crippen molar-refractivity contribution in [2.45, 2.75) is 58.8 Å². The number of rotatable bonds is 4. The fourth-order valence-electron chi connectivity index (χ4n) is 3.26. The van der Waals surface area contributed by atoms with Gasteiger partial charge >= 0.3 is 15.6 Å². The van der Waals surface area contributed by atoms with Crippen LogP contribution in [0.3, 0.4) is 0 Å². The SMILES string of the molecule is COS(=O)(=O)C(F)(F)F.Cc1c(C)c2c(c(C)c1OCc1ccccc1)CCC(C)O2. The zero-order chi connectivity index (χ0) is 23.4. The first kappa shape index (κ1) is 25.0. The van der Waals surface area contributed by atoms with Gasteiger partial charge in [0, 0.05) is 5.56 Å². The molecule has 0 fully saturated rings. The molecule has 0 aliphatic carbocycles. The first-order chi connectivity index (χ1) is 14.4. The molecule has 0 saturated heterocycles. The second-order valence-corrected chi connectivity index (χ2v) is 9.02. The van der Waals surface area contributed by atoms with Crippen molar-refractivity contribution in [3.63, 3.8) is 0 Å². The maximum atomic E-state index is 11.1. The number of halogens is 3. The minimum absolute atomic E-state index is 0.307. The van der Waals surface area contributed by atoms with E-state index in [1.54, 1.807) is 0 Å². The lowest BCUT2D eigenvalue weighted by atomic mass is 9.92. The van der Waals surface area contributed by atoms with E-state index in [1.807, 2.05) is 18.2 Å². The zero-order valence-electron chi connectivity index (χ0n) is 18.2. The molecule has 31 heavy (non-hydrogen) atoms. The van der Waals surface area contributed by atoms with E-state index in [4.69, 9.17) is 9.47 Å². The first-order valence-corrected chi connectivity index (χ1v) is 11.1. The summed E-state index contributed by atoms with van der Waals surface area (Å²) >= 11 is 0. The van der Waals surface area contributed by atoms with E-state index in [-0.39, 0.29) is 0 Å².